The van der Waals surface area contributed by atoms with E-state index in [4.69, 9.17) is 10.8 Å². The molecule has 2 unspecified atom stereocenters. The largest absolute Gasteiger partial charge is 0.330 e. The van der Waals surface area contributed by atoms with Gasteiger partial charge in [-0.25, -0.2) is 0 Å². The van der Waals surface area contributed by atoms with Crippen LogP contribution in [0.5, 0.6) is 0 Å². The van der Waals surface area contributed by atoms with Gasteiger partial charge in [0, 0.05) is 5.69 Å². The lowest BCUT2D eigenvalue weighted by Gasteiger charge is -2.25. The predicted molar refractivity (Wildman–Crippen MR) is 86.6 cm³/mol. The molecule has 2 atom stereocenters. The number of aromatic nitrogens is 2. The van der Waals surface area contributed by atoms with E-state index in [2.05, 4.69) is 48.9 Å². The number of nitrogens with two attached hydrogens (primary N) is 1. The van der Waals surface area contributed by atoms with Crippen LogP contribution in [0.15, 0.2) is 30.3 Å². The standard InChI is InChI=1S/C18H25N3/c1-13-18-16(11-12-19)9-6-10-17(18)21(20-13)14(2)15-7-4-3-5-8-15/h3-5,7-8,14,16H,6,9-12,19H2,1-2H3. The summed E-state index contributed by atoms with van der Waals surface area (Å²) in [6, 6.07) is 10.9. The van der Waals surface area contributed by atoms with Crippen molar-refractivity contribution in [3.8, 4) is 0 Å². The average Bonchev–Trinajstić information content (AvgIpc) is 2.86. The van der Waals surface area contributed by atoms with Crippen molar-refractivity contribution in [3.63, 3.8) is 0 Å². The molecule has 1 aromatic carbocycles. The minimum atomic E-state index is 0.297. The number of benzene rings is 1. The molecule has 0 saturated carbocycles. The second-order valence-electron chi connectivity index (χ2n) is 6.14. The van der Waals surface area contributed by atoms with Gasteiger partial charge >= 0.3 is 0 Å². The molecule has 3 rings (SSSR count). The Morgan fingerprint density at radius 2 is 2.10 bits per heavy atom. The Hall–Kier alpha value is -1.61. The zero-order valence-electron chi connectivity index (χ0n) is 13.0. The summed E-state index contributed by atoms with van der Waals surface area (Å²) >= 11 is 0. The third kappa shape index (κ3) is 2.62. The molecule has 0 saturated heterocycles. The summed E-state index contributed by atoms with van der Waals surface area (Å²) in [7, 11) is 0. The maximum absolute atomic E-state index is 5.80. The van der Waals surface area contributed by atoms with Crippen molar-refractivity contribution in [2.75, 3.05) is 6.54 Å². The average molecular weight is 283 g/mol. The monoisotopic (exact) mass is 283 g/mol. The van der Waals surface area contributed by atoms with Crippen molar-refractivity contribution < 1.29 is 0 Å². The van der Waals surface area contributed by atoms with Crippen molar-refractivity contribution in [1.82, 2.24) is 9.78 Å². The highest BCUT2D eigenvalue weighted by Gasteiger charge is 2.28. The topological polar surface area (TPSA) is 43.8 Å². The molecule has 0 fully saturated rings. The predicted octanol–water partition coefficient (Wildman–Crippen LogP) is 3.57. The third-order valence-electron chi connectivity index (χ3n) is 4.77. The fourth-order valence-electron chi connectivity index (χ4n) is 3.73. The van der Waals surface area contributed by atoms with Crippen LogP contribution in [-0.4, -0.2) is 16.3 Å². The molecule has 3 nitrogen and oxygen atoms in total. The van der Waals surface area contributed by atoms with E-state index in [0.717, 1.165) is 19.4 Å². The highest BCUT2D eigenvalue weighted by Crippen LogP contribution is 2.37. The minimum absolute atomic E-state index is 0.297. The van der Waals surface area contributed by atoms with E-state index in [1.54, 1.807) is 0 Å². The number of rotatable bonds is 4. The first-order chi connectivity index (χ1) is 10.2. The Labute approximate surface area is 127 Å². The molecule has 2 aromatic rings. The molecule has 0 spiro atoms. The van der Waals surface area contributed by atoms with Crippen LogP contribution in [0.1, 0.15) is 60.7 Å². The van der Waals surface area contributed by atoms with Crippen molar-refractivity contribution in [3.05, 3.63) is 52.8 Å². The van der Waals surface area contributed by atoms with Crippen LogP contribution in [0.25, 0.3) is 0 Å². The van der Waals surface area contributed by atoms with Gasteiger partial charge in [-0.3, -0.25) is 4.68 Å². The lowest BCUT2D eigenvalue weighted by Crippen LogP contribution is -2.18. The van der Waals surface area contributed by atoms with E-state index in [0.29, 0.717) is 12.0 Å². The Morgan fingerprint density at radius 1 is 1.33 bits per heavy atom. The normalized spacial score (nSPS) is 19.3. The summed E-state index contributed by atoms with van der Waals surface area (Å²) in [5.41, 5.74) is 11.2. The second kappa shape index (κ2) is 6.02. The van der Waals surface area contributed by atoms with Gasteiger partial charge < -0.3 is 5.73 Å². The molecule has 1 heterocycles. The van der Waals surface area contributed by atoms with Crippen LogP contribution in [0.2, 0.25) is 0 Å². The van der Waals surface area contributed by atoms with Gasteiger partial charge in [-0.05, 0) is 63.1 Å². The lowest BCUT2D eigenvalue weighted by atomic mass is 9.83. The SMILES string of the molecule is Cc1nn(C(C)c2ccccc2)c2c1C(CCN)CCC2. The van der Waals surface area contributed by atoms with Gasteiger partial charge in [0.1, 0.15) is 0 Å². The molecule has 1 aliphatic carbocycles. The second-order valence-corrected chi connectivity index (χ2v) is 6.14. The molecule has 0 aliphatic heterocycles. The van der Waals surface area contributed by atoms with Crippen LogP contribution in [0.3, 0.4) is 0 Å². The van der Waals surface area contributed by atoms with Crippen molar-refractivity contribution in [1.29, 1.82) is 0 Å². The fourth-order valence-corrected chi connectivity index (χ4v) is 3.73. The van der Waals surface area contributed by atoms with E-state index in [1.807, 2.05) is 0 Å². The molecule has 1 aromatic heterocycles. The van der Waals surface area contributed by atoms with Gasteiger partial charge in [0.05, 0.1) is 11.7 Å². The first-order valence-corrected chi connectivity index (χ1v) is 8.05. The van der Waals surface area contributed by atoms with Gasteiger partial charge in [-0.1, -0.05) is 30.3 Å². The molecule has 3 heteroatoms. The molecule has 112 valence electrons. The molecular weight excluding hydrogens is 258 g/mol. The number of fused-ring (bicyclic) bond motifs is 1. The fraction of sp³-hybridized carbons (Fsp3) is 0.500. The Balaban J connectivity index is 2.00. The maximum Gasteiger partial charge on any atom is 0.0743 e. The van der Waals surface area contributed by atoms with Gasteiger partial charge in [0.15, 0.2) is 0 Å². The molecular formula is C18H25N3. The van der Waals surface area contributed by atoms with Crippen LogP contribution < -0.4 is 5.73 Å². The molecule has 0 amide bonds. The summed E-state index contributed by atoms with van der Waals surface area (Å²) in [4.78, 5) is 0. The first kappa shape index (κ1) is 14.3. The first-order valence-electron chi connectivity index (χ1n) is 8.05. The molecule has 1 aliphatic rings. The highest BCUT2D eigenvalue weighted by atomic mass is 15.3. The van der Waals surface area contributed by atoms with Crippen LogP contribution >= 0.6 is 0 Å². The zero-order valence-corrected chi connectivity index (χ0v) is 13.0. The maximum atomic E-state index is 5.80. The van der Waals surface area contributed by atoms with Crippen LogP contribution in [-0.2, 0) is 6.42 Å². The molecule has 2 N–H and O–H groups in total. The van der Waals surface area contributed by atoms with Gasteiger partial charge in [0.2, 0.25) is 0 Å². The van der Waals surface area contributed by atoms with E-state index < -0.39 is 0 Å². The third-order valence-corrected chi connectivity index (χ3v) is 4.77. The zero-order chi connectivity index (χ0) is 14.8. The Kier molecular flexibility index (Phi) is 4.11. The number of hydrogen-bond donors (Lipinski definition) is 1. The molecule has 0 bridgehead atoms. The Bertz CT molecular complexity index is 600. The van der Waals surface area contributed by atoms with Gasteiger partial charge in [-0.15, -0.1) is 0 Å². The quantitative estimate of drug-likeness (QED) is 0.932. The number of nitrogens with zero attached hydrogens (tertiary/aromatic N) is 2. The van der Waals surface area contributed by atoms with Crippen molar-refractivity contribution in [2.24, 2.45) is 5.73 Å². The smallest absolute Gasteiger partial charge is 0.0743 e. The lowest BCUT2D eigenvalue weighted by molar-refractivity contribution is 0.482. The highest BCUT2D eigenvalue weighted by molar-refractivity contribution is 5.33. The van der Waals surface area contributed by atoms with E-state index >= 15 is 0 Å². The Morgan fingerprint density at radius 3 is 2.81 bits per heavy atom. The molecule has 21 heavy (non-hydrogen) atoms. The minimum Gasteiger partial charge on any atom is -0.330 e. The summed E-state index contributed by atoms with van der Waals surface area (Å²) in [5.74, 6) is 0.607. The van der Waals surface area contributed by atoms with Gasteiger partial charge in [0.25, 0.3) is 0 Å². The summed E-state index contributed by atoms with van der Waals surface area (Å²) in [6.45, 7) is 5.17. The van der Waals surface area contributed by atoms with Crippen LogP contribution in [0, 0.1) is 6.92 Å². The summed E-state index contributed by atoms with van der Waals surface area (Å²) in [5, 5.41) is 4.88. The number of hydrogen-bond acceptors (Lipinski definition) is 2. The van der Waals surface area contributed by atoms with Crippen LogP contribution in [0.4, 0.5) is 0 Å². The summed E-state index contributed by atoms with van der Waals surface area (Å²) < 4.78 is 2.25. The van der Waals surface area contributed by atoms with E-state index in [1.165, 1.54) is 35.4 Å². The molecule has 0 radical (unpaired) electrons. The number of aryl methyl sites for hydroxylation is 1. The van der Waals surface area contributed by atoms with Crippen molar-refractivity contribution in [2.45, 2.75) is 51.5 Å². The van der Waals surface area contributed by atoms with Crippen molar-refractivity contribution >= 4 is 0 Å². The van der Waals surface area contributed by atoms with E-state index in [9.17, 15) is 0 Å². The summed E-state index contributed by atoms with van der Waals surface area (Å²) in [6.07, 6.45) is 4.74. The van der Waals surface area contributed by atoms with Gasteiger partial charge in [-0.2, -0.15) is 5.10 Å². The van der Waals surface area contributed by atoms with E-state index in [-0.39, 0.29) is 0 Å².